The maximum absolute atomic E-state index is 13.1. The molecule has 0 unspecified atom stereocenters. The highest BCUT2D eigenvalue weighted by Crippen LogP contribution is 2.24. The average Bonchev–Trinajstić information content (AvgIpc) is 2.97. The van der Waals surface area contributed by atoms with E-state index in [2.05, 4.69) is 4.57 Å². The van der Waals surface area contributed by atoms with Crippen LogP contribution in [-0.2, 0) is 4.74 Å². The van der Waals surface area contributed by atoms with E-state index in [0.29, 0.717) is 18.2 Å². The minimum absolute atomic E-state index is 0. The number of hydrogen-bond donors (Lipinski definition) is 1. The van der Waals surface area contributed by atoms with Gasteiger partial charge < -0.3 is 19.9 Å². The summed E-state index contributed by atoms with van der Waals surface area (Å²) in [6.07, 6.45) is 2.89. The molecule has 0 bridgehead atoms. The van der Waals surface area contributed by atoms with Crippen molar-refractivity contribution >= 4 is 29.9 Å². The number of aryl methyl sites for hydroxylation is 1. The lowest BCUT2D eigenvalue weighted by molar-refractivity contribution is 0.00843. The Kier molecular flexibility index (Phi) is 8.38. The molecule has 154 valence electrons. The highest BCUT2D eigenvalue weighted by Gasteiger charge is 2.26. The molecule has 2 heterocycles. The van der Waals surface area contributed by atoms with Crippen molar-refractivity contribution in [2.75, 3.05) is 26.2 Å². The van der Waals surface area contributed by atoms with Gasteiger partial charge >= 0.3 is 0 Å². The van der Waals surface area contributed by atoms with Crippen molar-refractivity contribution in [2.24, 2.45) is 5.73 Å². The lowest BCUT2D eigenvalue weighted by Gasteiger charge is -2.32. The second-order valence-corrected chi connectivity index (χ2v) is 7.54. The molecular formula is C21H29Cl2N3O2. The molecule has 5 nitrogen and oxygen atoms in total. The third-order valence-corrected chi connectivity index (χ3v) is 5.43. The average molecular weight is 426 g/mol. The summed E-state index contributed by atoms with van der Waals surface area (Å²) in [7, 11) is 0. The van der Waals surface area contributed by atoms with Crippen molar-refractivity contribution in [3.8, 4) is 5.69 Å². The fourth-order valence-corrected chi connectivity index (χ4v) is 3.82. The van der Waals surface area contributed by atoms with Gasteiger partial charge in [0.1, 0.15) is 0 Å². The molecule has 0 atom stereocenters. The number of aromatic nitrogens is 1. The molecule has 1 aromatic carbocycles. The summed E-state index contributed by atoms with van der Waals surface area (Å²) in [5.41, 5.74) is 9.29. The summed E-state index contributed by atoms with van der Waals surface area (Å²) < 4.78 is 7.94. The predicted molar refractivity (Wildman–Crippen MR) is 116 cm³/mol. The molecule has 0 saturated carbocycles. The number of benzene rings is 1. The van der Waals surface area contributed by atoms with Crippen molar-refractivity contribution in [3.63, 3.8) is 0 Å². The number of ether oxygens (including phenoxy) is 1. The molecule has 1 fully saturated rings. The third-order valence-electron chi connectivity index (χ3n) is 5.18. The van der Waals surface area contributed by atoms with Crippen LogP contribution in [0.15, 0.2) is 30.3 Å². The van der Waals surface area contributed by atoms with Crippen LogP contribution in [0.1, 0.15) is 41.0 Å². The fourth-order valence-electron chi connectivity index (χ4n) is 3.70. The zero-order valence-corrected chi connectivity index (χ0v) is 18.1. The van der Waals surface area contributed by atoms with Crippen LogP contribution in [0.3, 0.4) is 0 Å². The predicted octanol–water partition coefficient (Wildman–Crippen LogP) is 4.14. The number of piperidine rings is 1. The van der Waals surface area contributed by atoms with E-state index in [4.69, 9.17) is 22.1 Å². The molecule has 0 aliphatic carbocycles. The van der Waals surface area contributed by atoms with Crippen LogP contribution in [-0.4, -0.2) is 47.7 Å². The van der Waals surface area contributed by atoms with Gasteiger partial charge in [0, 0.05) is 41.8 Å². The van der Waals surface area contributed by atoms with Gasteiger partial charge in [0.15, 0.2) is 0 Å². The molecule has 1 aliphatic rings. The topological polar surface area (TPSA) is 60.5 Å². The Balaban J connectivity index is 0.00000280. The quantitative estimate of drug-likeness (QED) is 0.707. The minimum atomic E-state index is 0. The number of carbonyl (C=O) groups excluding carboxylic acids is 1. The molecule has 2 N–H and O–H groups in total. The van der Waals surface area contributed by atoms with Crippen molar-refractivity contribution in [2.45, 2.75) is 39.2 Å². The molecule has 1 aromatic heterocycles. The Labute approximate surface area is 178 Å². The van der Waals surface area contributed by atoms with Gasteiger partial charge in [-0.3, -0.25) is 4.79 Å². The highest BCUT2D eigenvalue weighted by molar-refractivity contribution is 6.30. The highest BCUT2D eigenvalue weighted by atomic mass is 35.5. The van der Waals surface area contributed by atoms with Crippen molar-refractivity contribution in [1.82, 2.24) is 9.47 Å². The van der Waals surface area contributed by atoms with Gasteiger partial charge in [-0.25, -0.2) is 0 Å². The molecule has 0 spiro atoms. The summed E-state index contributed by atoms with van der Waals surface area (Å²) in [5.74, 6) is 0.101. The molecule has 7 heteroatoms. The summed E-state index contributed by atoms with van der Waals surface area (Å²) in [4.78, 5) is 15.0. The number of nitrogens with zero attached hydrogens (tertiary/aromatic N) is 2. The van der Waals surface area contributed by atoms with Crippen molar-refractivity contribution in [1.29, 1.82) is 0 Å². The number of likely N-dealkylation sites (tertiary alicyclic amines) is 1. The Bertz CT molecular complexity index is 782. The van der Waals surface area contributed by atoms with E-state index in [-0.39, 0.29) is 24.4 Å². The van der Waals surface area contributed by atoms with E-state index in [1.807, 2.05) is 49.1 Å². The first-order valence-electron chi connectivity index (χ1n) is 9.57. The molecule has 1 amide bonds. The van der Waals surface area contributed by atoms with E-state index >= 15 is 0 Å². The van der Waals surface area contributed by atoms with Crippen molar-refractivity contribution < 1.29 is 9.53 Å². The minimum Gasteiger partial charge on any atom is -0.378 e. The Morgan fingerprint density at radius 3 is 2.46 bits per heavy atom. The molecule has 0 radical (unpaired) electrons. The van der Waals surface area contributed by atoms with E-state index < -0.39 is 0 Å². The second kappa shape index (κ2) is 10.3. The van der Waals surface area contributed by atoms with Gasteiger partial charge in [0.05, 0.1) is 11.7 Å². The van der Waals surface area contributed by atoms with Crippen molar-refractivity contribution in [3.05, 3.63) is 52.3 Å². The number of halogens is 2. The summed E-state index contributed by atoms with van der Waals surface area (Å²) in [6.45, 7) is 6.85. The van der Waals surface area contributed by atoms with Crippen LogP contribution in [0.5, 0.6) is 0 Å². The Hall–Kier alpha value is -1.53. The SMILES string of the molecule is Cc1cc(C(=O)N2CCC(OCCCN)CC2)c(C)n1-c1ccc(Cl)cc1.Cl. The summed E-state index contributed by atoms with van der Waals surface area (Å²) in [6, 6.07) is 9.66. The van der Waals surface area contributed by atoms with E-state index in [0.717, 1.165) is 55.0 Å². The first-order valence-corrected chi connectivity index (χ1v) is 9.95. The number of carbonyl (C=O) groups is 1. The van der Waals surface area contributed by atoms with Crippen LogP contribution < -0.4 is 5.73 Å². The number of nitrogens with two attached hydrogens (primary N) is 1. The summed E-state index contributed by atoms with van der Waals surface area (Å²) in [5, 5.41) is 0.703. The number of rotatable bonds is 6. The first-order chi connectivity index (χ1) is 13.0. The molecule has 2 aromatic rings. The molecule has 3 rings (SSSR count). The standard InChI is InChI=1S/C21H28ClN3O2.ClH/c1-15-14-20(16(2)25(15)18-6-4-17(22)5-7-18)21(26)24-11-8-19(9-12-24)27-13-3-10-23;/h4-7,14,19H,3,8-13,23H2,1-2H3;1H. The molecule has 28 heavy (non-hydrogen) atoms. The monoisotopic (exact) mass is 425 g/mol. The van der Waals surface area contributed by atoms with Gasteiger partial charge in [-0.2, -0.15) is 0 Å². The maximum atomic E-state index is 13.1. The Morgan fingerprint density at radius 2 is 1.86 bits per heavy atom. The lowest BCUT2D eigenvalue weighted by atomic mass is 10.1. The smallest absolute Gasteiger partial charge is 0.255 e. The normalized spacial score (nSPS) is 14.8. The number of amides is 1. The molecular weight excluding hydrogens is 397 g/mol. The van der Waals surface area contributed by atoms with Gasteiger partial charge in [0.25, 0.3) is 5.91 Å². The van der Waals surface area contributed by atoms with Gasteiger partial charge in [-0.15, -0.1) is 12.4 Å². The van der Waals surface area contributed by atoms with Crippen LogP contribution >= 0.6 is 24.0 Å². The third kappa shape index (κ3) is 5.09. The van der Waals surface area contributed by atoms with E-state index in [1.54, 1.807) is 0 Å². The zero-order valence-electron chi connectivity index (χ0n) is 16.5. The first kappa shape index (κ1) is 22.8. The zero-order chi connectivity index (χ0) is 19.4. The molecule has 1 saturated heterocycles. The van der Waals surface area contributed by atoms with Crippen LogP contribution in [0.4, 0.5) is 0 Å². The lowest BCUT2D eigenvalue weighted by Crippen LogP contribution is -2.41. The molecule has 1 aliphatic heterocycles. The van der Waals surface area contributed by atoms with Gasteiger partial charge in [-0.05, 0) is 70.0 Å². The van der Waals surface area contributed by atoms with Crippen LogP contribution in [0, 0.1) is 13.8 Å². The van der Waals surface area contributed by atoms with E-state index in [1.165, 1.54) is 0 Å². The van der Waals surface area contributed by atoms with Crippen LogP contribution in [0.25, 0.3) is 5.69 Å². The summed E-state index contributed by atoms with van der Waals surface area (Å²) >= 11 is 6.00. The van der Waals surface area contributed by atoms with Crippen LogP contribution in [0.2, 0.25) is 5.02 Å². The number of hydrogen-bond acceptors (Lipinski definition) is 3. The Morgan fingerprint density at radius 1 is 1.21 bits per heavy atom. The maximum Gasteiger partial charge on any atom is 0.255 e. The van der Waals surface area contributed by atoms with Gasteiger partial charge in [-0.1, -0.05) is 11.6 Å². The fraction of sp³-hybridized carbons (Fsp3) is 0.476. The largest absolute Gasteiger partial charge is 0.378 e. The van der Waals surface area contributed by atoms with Gasteiger partial charge in [0.2, 0.25) is 0 Å². The second-order valence-electron chi connectivity index (χ2n) is 7.10. The van der Waals surface area contributed by atoms with E-state index in [9.17, 15) is 4.79 Å².